The van der Waals surface area contributed by atoms with Gasteiger partial charge >= 0.3 is 0 Å². The molecule has 1 aliphatic heterocycles. The predicted octanol–water partition coefficient (Wildman–Crippen LogP) is 4.19. The number of rotatable bonds is 4. The quantitative estimate of drug-likeness (QED) is 0.369. The van der Waals surface area contributed by atoms with Crippen LogP contribution >= 0.6 is 11.8 Å². The Hall–Kier alpha value is -3.19. The van der Waals surface area contributed by atoms with Crippen molar-refractivity contribution in [1.82, 2.24) is 19.7 Å². The average Bonchev–Trinajstić information content (AvgIpc) is 3.33. The molecule has 0 saturated heterocycles. The minimum absolute atomic E-state index is 0.0927. The molecule has 1 aliphatic rings. The highest BCUT2D eigenvalue weighted by molar-refractivity contribution is 8.00. The molecule has 1 atom stereocenters. The third-order valence-corrected chi connectivity index (χ3v) is 6.41. The van der Waals surface area contributed by atoms with Crippen molar-refractivity contribution in [1.29, 1.82) is 0 Å². The molecule has 7 heteroatoms. The molecule has 0 saturated carbocycles. The van der Waals surface area contributed by atoms with Gasteiger partial charge in [0, 0.05) is 11.7 Å². The fraction of sp³-hybridized carbons (Fsp3) is 0.217. The Kier molecular flexibility index (Phi) is 4.75. The Balaban J connectivity index is 1.39. The second-order valence-corrected chi connectivity index (χ2v) is 8.51. The molecule has 0 N–H and O–H groups in total. The summed E-state index contributed by atoms with van der Waals surface area (Å²) >= 11 is 1.44. The number of carbonyl (C=O) groups excluding carboxylic acids is 1. The van der Waals surface area contributed by atoms with Crippen LogP contribution < -0.4 is 4.90 Å². The molecule has 0 spiro atoms. The lowest BCUT2D eigenvalue weighted by Crippen LogP contribution is -2.36. The van der Waals surface area contributed by atoms with E-state index in [0.29, 0.717) is 5.75 Å². The second-order valence-electron chi connectivity index (χ2n) is 7.54. The smallest absolute Gasteiger partial charge is 0.237 e. The Labute approximate surface area is 179 Å². The molecule has 0 bridgehead atoms. The van der Waals surface area contributed by atoms with Crippen LogP contribution in [0.25, 0.3) is 16.7 Å². The number of nitrogens with zero attached hydrogens (tertiary/aromatic N) is 5. The van der Waals surface area contributed by atoms with Crippen molar-refractivity contribution in [3.63, 3.8) is 0 Å². The molecular formula is C23H21N5OS. The molecule has 1 unspecified atom stereocenters. The summed E-state index contributed by atoms with van der Waals surface area (Å²) in [6, 6.07) is 16.4. The van der Waals surface area contributed by atoms with E-state index < -0.39 is 0 Å². The third kappa shape index (κ3) is 3.25. The van der Waals surface area contributed by atoms with Crippen LogP contribution in [-0.4, -0.2) is 37.5 Å². The van der Waals surface area contributed by atoms with E-state index in [0.717, 1.165) is 33.9 Å². The molecular weight excluding hydrogens is 394 g/mol. The van der Waals surface area contributed by atoms with E-state index in [4.69, 9.17) is 0 Å². The van der Waals surface area contributed by atoms with Crippen LogP contribution in [0.3, 0.4) is 0 Å². The third-order valence-electron chi connectivity index (χ3n) is 5.42. The molecule has 1 amide bonds. The van der Waals surface area contributed by atoms with Crippen molar-refractivity contribution in [3.05, 3.63) is 72.2 Å². The largest absolute Gasteiger partial charge is 0.308 e. The molecule has 30 heavy (non-hydrogen) atoms. The van der Waals surface area contributed by atoms with Gasteiger partial charge in [0.05, 0.1) is 23.0 Å². The summed E-state index contributed by atoms with van der Waals surface area (Å²) in [6.07, 6.45) is 4.21. The first-order valence-corrected chi connectivity index (χ1v) is 10.9. The van der Waals surface area contributed by atoms with Gasteiger partial charge < -0.3 is 4.90 Å². The van der Waals surface area contributed by atoms with Crippen molar-refractivity contribution in [2.75, 3.05) is 10.7 Å². The number of carbonyl (C=O) groups is 1. The number of benzene rings is 2. The Morgan fingerprint density at radius 3 is 2.77 bits per heavy atom. The van der Waals surface area contributed by atoms with Crippen LogP contribution in [0.5, 0.6) is 0 Å². The summed E-state index contributed by atoms with van der Waals surface area (Å²) in [7, 11) is 0. The summed E-state index contributed by atoms with van der Waals surface area (Å²) in [6.45, 7) is 4.15. The van der Waals surface area contributed by atoms with Gasteiger partial charge in [-0.3, -0.25) is 4.79 Å². The van der Waals surface area contributed by atoms with Crippen molar-refractivity contribution in [3.8, 4) is 5.69 Å². The van der Waals surface area contributed by atoms with Gasteiger partial charge in [-0.15, -0.1) is 0 Å². The van der Waals surface area contributed by atoms with Crippen molar-refractivity contribution >= 4 is 34.4 Å². The normalized spacial score (nSPS) is 15.5. The van der Waals surface area contributed by atoms with Crippen LogP contribution in [0, 0.1) is 6.92 Å². The number of para-hydroxylation sites is 1. The summed E-state index contributed by atoms with van der Waals surface area (Å²) < 4.78 is 1.81. The lowest BCUT2D eigenvalue weighted by atomic mass is 10.1. The standard InChI is InChI=1S/C23H21N5OS/c1-15-7-9-18(10-8-15)28-22-19(12-26-28)23(25-14-24-22)30-13-21(29)27-16(2)11-17-5-3-4-6-20(17)27/h3-10,12,14,16H,11,13H2,1-2H3. The minimum atomic E-state index is 0.0927. The van der Waals surface area contributed by atoms with Gasteiger partial charge in [-0.25, -0.2) is 14.6 Å². The molecule has 3 heterocycles. The number of aryl methyl sites for hydroxylation is 1. The second kappa shape index (κ2) is 7.57. The molecule has 4 aromatic rings. The number of thioether (sulfide) groups is 1. The maximum atomic E-state index is 13.0. The summed E-state index contributed by atoms with van der Waals surface area (Å²) in [5, 5.41) is 6.13. The first-order chi connectivity index (χ1) is 14.6. The molecule has 0 fully saturated rings. The fourth-order valence-electron chi connectivity index (χ4n) is 3.96. The number of fused-ring (bicyclic) bond motifs is 2. The molecule has 0 radical (unpaired) electrons. The Morgan fingerprint density at radius 2 is 1.93 bits per heavy atom. The van der Waals surface area contributed by atoms with Gasteiger partial charge in [-0.2, -0.15) is 5.10 Å². The van der Waals surface area contributed by atoms with Gasteiger partial charge in [-0.1, -0.05) is 47.7 Å². The molecule has 6 nitrogen and oxygen atoms in total. The van der Waals surface area contributed by atoms with Crippen LogP contribution in [0.1, 0.15) is 18.1 Å². The van der Waals surface area contributed by atoms with E-state index in [2.05, 4.69) is 35.0 Å². The first kappa shape index (κ1) is 18.8. The lowest BCUT2D eigenvalue weighted by molar-refractivity contribution is -0.116. The van der Waals surface area contributed by atoms with Crippen molar-refractivity contribution < 1.29 is 4.79 Å². The SMILES string of the molecule is Cc1ccc(-n2ncc3c(SCC(=O)N4c5ccccc5CC4C)ncnc32)cc1. The van der Waals surface area contributed by atoms with Crippen LogP contribution in [0.4, 0.5) is 5.69 Å². The molecule has 2 aromatic carbocycles. The average molecular weight is 416 g/mol. The highest BCUT2D eigenvalue weighted by Gasteiger charge is 2.30. The summed E-state index contributed by atoms with van der Waals surface area (Å²) in [5.41, 5.74) is 5.13. The maximum Gasteiger partial charge on any atom is 0.237 e. The molecule has 0 aliphatic carbocycles. The predicted molar refractivity (Wildman–Crippen MR) is 119 cm³/mol. The van der Waals surface area contributed by atoms with Crippen LogP contribution in [0.2, 0.25) is 0 Å². The number of aromatic nitrogens is 4. The van der Waals surface area contributed by atoms with E-state index in [1.165, 1.54) is 29.2 Å². The zero-order valence-electron chi connectivity index (χ0n) is 16.8. The van der Waals surface area contributed by atoms with E-state index in [-0.39, 0.29) is 11.9 Å². The van der Waals surface area contributed by atoms with Gasteiger partial charge in [0.2, 0.25) is 5.91 Å². The fourth-order valence-corrected chi connectivity index (χ4v) is 4.78. The number of hydrogen-bond donors (Lipinski definition) is 0. The molecule has 5 rings (SSSR count). The summed E-state index contributed by atoms with van der Waals surface area (Å²) in [5.74, 6) is 0.413. The highest BCUT2D eigenvalue weighted by atomic mass is 32.2. The van der Waals surface area contributed by atoms with E-state index in [9.17, 15) is 4.79 Å². The summed E-state index contributed by atoms with van der Waals surface area (Å²) in [4.78, 5) is 23.8. The van der Waals surface area contributed by atoms with Gasteiger partial charge in [0.1, 0.15) is 11.4 Å². The van der Waals surface area contributed by atoms with Gasteiger partial charge in [0.25, 0.3) is 0 Å². The van der Waals surface area contributed by atoms with E-state index in [1.54, 1.807) is 10.9 Å². The topological polar surface area (TPSA) is 63.9 Å². The number of hydrogen-bond acceptors (Lipinski definition) is 5. The monoisotopic (exact) mass is 415 g/mol. The number of amides is 1. The lowest BCUT2D eigenvalue weighted by Gasteiger charge is -2.22. The maximum absolute atomic E-state index is 13.0. The zero-order valence-corrected chi connectivity index (χ0v) is 17.6. The molecule has 150 valence electrons. The van der Waals surface area contributed by atoms with Gasteiger partial charge in [0.15, 0.2) is 5.65 Å². The Bertz CT molecular complexity index is 1230. The van der Waals surface area contributed by atoms with Crippen molar-refractivity contribution in [2.45, 2.75) is 31.3 Å². The van der Waals surface area contributed by atoms with E-state index >= 15 is 0 Å². The Morgan fingerprint density at radius 1 is 1.13 bits per heavy atom. The molecule has 2 aromatic heterocycles. The van der Waals surface area contributed by atoms with E-state index in [1.807, 2.05) is 47.4 Å². The highest BCUT2D eigenvalue weighted by Crippen LogP contribution is 2.33. The van der Waals surface area contributed by atoms with Crippen LogP contribution in [-0.2, 0) is 11.2 Å². The minimum Gasteiger partial charge on any atom is -0.308 e. The van der Waals surface area contributed by atoms with Crippen LogP contribution in [0.15, 0.2) is 66.1 Å². The van der Waals surface area contributed by atoms with Crippen molar-refractivity contribution in [2.24, 2.45) is 0 Å². The first-order valence-electron chi connectivity index (χ1n) is 9.90. The zero-order chi connectivity index (χ0) is 20.7. The van der Waals surface area contributed by atoms with Gasteiger partial charge in [-0.05, 0) is 44.0 Å². The number of anilines is 1.